The minimum atomic E-state index is -0.656. The molecule has 4 amide bonds. The number of benzene rings is 4. The first-order valence-corrected chi connectivity index (χ1v) is 17.6. The number of aryl methyl sites for hydroxylation is 2. The van der Waals surface area contributed by atoms with Crippen molar-refractivity contribution >= 4 is 84.7 Å². The van der Waals surface area contributed by atoms with Gasteiger partial charge in [-0.3, -0.25) is 39.6 Å². The third-order valence-corrected chi connectivity index (χ3v) is 10.8. The van der Waals surface area contributed by atoms with E-state index in [1.807, 2.05) is 59.7 Å². The number of aromatic nitrogens is 2. The number of rotatable bonds is 6. The van der Waals surface area contributed by atoms with Crippen molar-refractivity contribution < 1.29 is 24.2 Å². The Morgan fingerprint density at radius 3 is 1.39 bits per heavy atom. The van der Waals surface area contributed by atoms with Gasteiger partial charge in [-0.15, -0.1) is 0 Å². The normalized spacial score (nSPS) is 17.8. The number of nitro groups is 2. The third kappa shape index (κ3) is 4.88. The van der Waals surface area contributed by atoms with Crippen LogP contribution in [0.3, 0.4) is 0 Å². The molecule has 3 heterocycles. The van der Waals surface area contributed by atoms with Gasteiger partial charge in [-0.25, -0.2) is 4.79 Å². The zero-order valence-corrected chi connectivity index (χ0v) is 30.0. The first kappa shape index (κ1) is 34.2. The van der Waals surface area contributed by atoms with Crippen LogP contribution in [0.2, 0.25) is 0 Å². The lowest BCUT2D eigenvalue weighted by Gasteiger charge is -2.33. The van der Waals surface area contributed by atoms with Gasteiger partial charge in [0, 0.05) is 82.6 Å². The summed E-state index contributed by atoms with van der Waals surface area (Å²) >= 11 is 0. The molecule has 6 aromatic rings. The van der Waals surface area contributed by atoms with Crippen LogP contribution in [0.25, 0.3) is 55.5 Å². The van der Waals surface area contributed by atoms with E-state index < -0.39 is 17.8 Å². The van der Waals surface area contributed by atoms with Crippen LogP contribution in [-0.2, 0) is 23.7 Å². The van der Waals surface area contributed by atoms with E-state index in [0.29, 0.717) is 29.2 Å². The fourth-order valence-electron chi connectivity index (χ4n) is 8.27. The lowest BCUT2D eigenvalue weighted by atomic mass is 9.95. The number of amides is 4. The van der Waals surface area contributed by atoms with Crippen molar-refractivity contribution in [1.82, 2.24) is 18.9 Å². The topological polar surface area (TPSA) is 154 Å². The molecular formula is C41H34N6O7. The molecule has 1 aliphatic heterocycles. The zero-order chi connectivity index (χ0) is 38.2. The van der Waals surface area contributed by atoms with Crippen LogP contribution in [0.1, 0.15) is 26.7 Å². The number of barbiturate groups is 1. The van der Waals surface area contributed by atoms with Crippen molar-refractivity contribution in [3.05, 3.63) is 126 Å². The summed E-state index contributed by atoms with van der Waals surface area (Å²) in [6.45, 7) is 3.55. The van der Waals surface area contributed by atoms with E-state index in [9.17, 15) is 34.6 Å². The monoisotopic (exact) mass is 722 g/mol. The average Bonchev–Trinajstić information content (AvgIpc) is 3.77. The van der Waals surface area contributed by atoms with Crippen LogP contribution >= 0.6 is 0 Å². The van der Waals surface area contributed by atoms with Crippen LogP contribution < -0.4 is 10.7 Å². The predicted molar refractivity (Wildman–Crippen MR) is 206 cm³/mol. The number of nitrogens with zero attached hydrogens (tertiary/aromatic N) is 6. The number of urea groups is 1. The molecule has 0 spiro atoms. The van der Waals surface area contributed by atoms with Crippen LogP contribution in [0.4, 0.5) is 16.2 Å². The largest absolute Gasteiger partial charge is 0.344 e. The fraction of sp³-hybridized carbons (Fsp3) is 0.195. The second kappa shape index (κ2) is 12.7. The lowest BCUT2D eigenvalue weighted by molar-refractivity contribution is -0.383. The van der Waals surface area contributed by atoms with Crippen LogP contribution in [0.15, 0.2) is 95.1 Å². The van der Waals surface area contributed by atoms with E-state index in [2.05, 4.69) is 0 Å². The van der Waals surface area contributed by atoms with Gasteiger partial charge in [-0.2, -0.15) is 0 Å². The molecule has 0 radical (unpaired) electrons. The van der Waals surface area contributed by atoms with Gasteiger partial charge in [0.2, 0.25) is 0 Å². The smallest absolute Gasteiger partial charge is 0.333 e. The molecule has 1 saturated carbocycles. The van der Waals surface area contributed by atoms with E-state index in [1.54, 1.807) is 50.2 Å². The van der Waals surface area contributed by atoms with Crippen LogP contribution in [-0.4, -0.2) is 59.7 Å². The highest BCUT2D eigenvalue weighted by molar-refractivity contribution is 6.30. The molecule has 270 valence electrons. The molecule has 13 nitrogen and oxygen atoms in total. The van der Waals surface area contributed by atoms with Crippen molar-refractivity contribution in [2.75, 3.05) is 13.1 Å². The molecule has 2 aliphatic rings. The fourth-order valence-corrected chi connectivity index (χ4v) is 8.27. The molecule has 0 atom stereocenters. The van der Waals surface area contributed by atoms with Crippen molar-refractivity contribution in [3.8, 4) is 0 Å². The highest BCUT2D eigenvalue weighted by Gasteiger charge is 2.43. The van der Waals surface area contributed by atoms with Gasteiger partial charge in [0.1, 0.15) is 5.57 Å². The van der Waals surface area contributed by atoms with Gasteiger partial charge in [0.15, 0.2) is 0 Å². The number of allylic oxidation sites excluding steroid dienone is 5. The molecule has 4 aromatic carbocycles. The molecule has 0 bridgehead atoms. The zero-order valence-electron chi connectivity index (χ0n) is 30.0. The van der Waals surface area contributed by atoms with E-state index in [1.165, 1.54) is 12.1 Å². The third-order valence-electron chi connectivity index (χ3n) is 10.8. The molecule has 2 fully saturated rings. The number of carbonyl (C=O) groups is 3. The number of carbonyl (C=O) groups excluding carboxylic acids is 3. The SMILES string of the molecule is CCN1C(=O)C(=C2/C(=C\C=c3/c4cccc5c([N+](=O)[O-])ccc(c54)n3C)CC/C2=C\C=c2/c3cccc4c([N+](=O)[O-])ccc(c43)n2C)C(=O)N(CC)C1=O. The van der Waals surface area contributed by atoms with Gasteiger partial charge < -0.3 is 9.13 Å². The van der Waals surface area contributed by atoms with Crippen LogP contribution in [0, 0.1) is 20.2 Å². The Labute approximate surface area is 307 Å². The number of likely N-dealkylation sites (N-methyl/N-ethyl adjacent to an activating group) is 2. The Morgan fingerprint density at radius 2 is 1.00 bits per heavy atom. The van der Waals surface area contributed by atoms with Crippen molar-refractivity contribution in [1.29, 1.82) is 0 Å². The standard InChI is InChI=1S/C41H34N6O7/c1-5-44-39(48)38(40(49)45(6-2)41(44)50)35-23(15-17-29-25-9-7-11-27-31(46(51)52)19-21-33(36(25)27)42(29)3)13-14-24(35)16-18-30-26-10-8-12-28-32(47(53)54)20-22-34(37(26)28)43(30)4/h7-12,15-22H,5-6,13-14H2,1-4H3/b23-15-,24-16+,29-17+,30-18+. The maximum Gasteiger partial charge on any atom is 0.333 e. The Bertz CT molecular complexity index is 2720. The Kier molecular flexibility index (Phi) is 8.02. The quantitative estimate of drug-likeness (QED) is 0.0851. The number of imide groups is 2. The lowest BCUT2D eigenvalue weighted by Crippen LogP contribution is -2.56. The van der Waals surface area contributed by atoms with E-state index in [0.717, 1.165) is 64.2 Å². The second-order valence-electron chi connectivity index (χ2n) is 13.4. The second-order valence-corrected chi connectivity index (χ2v) is 13.4. The number of hydrogen-bond donors (Lipinski definition) is 0. The van der Waals surface area contributed by atoms with Crippen molar-refractivity contribution in [3.63, 3.8) is 0 Å². The van der Waals surface area contributed by atoms with E-state index >= 15 is 0 Å². The summed E-state index contributed by atoms with van der Waals surface area (Å²) in [4.78, 5) is 66.4. The summed E-state index contributed by atoms with van der Waals surface area (Å²) in [5.74, 6) is -1.31. The molecule has 1 aliphatic carbocycles. The van der Waals surface area contributed by atoms with Gasteiger partial charge >= 0.3 is 6.03 Å². The summed E-state index contributed by atoms with van der Waals surface area (Å²) in [5.41, 5.74) is 3.53. The molecule has 54 heavy (non-hydrogen) atoms. The minimum absolute atomic E-state index is 0.0191. The van der Waals surface area contributed by atoms with E-state index in [4.69, 9.17) is 0 Å². The van der Waals surface area contributed by atoms with Gasteiger partial charge in [0.05, 0.1) is 20.6 Å². The molecule has 1 saturated heterocycles. The van der Waals surface area contributed by atoms with Gasteiger partial charge in [-0.05, 0) is 79.8 Å². The summed E-state index contributed by atoms with van der Waals surface area (Å²) in [5, 5.41) is 29.5. The average molecular weight is 723 g/mol. The molecule has 0 N–H and O–H groups in total. The van der Waals surface area contributed by atoms with E-state index in [-0.39, 0.29) is 39.9 Å². The minimum Gasteiger partial charge on any atom is -0.344 e. The predicted octanol–water partition coefficient (Wildman–Crippen LogP) is 6.27. The van der Waals surface area contributed by atoms with Gasteiger partial charge in [-0.1, -0.05) is 36.4 Å². The highest BCUT2D eigenvalue weighted by atomic mass is 16.6. The Hall–Kier alpha value is -6.89. The first-order chi connectivity index (χ1) is 26.0. The summed E-state index contributed by atoms with van der Waals surface area (Å²) in [6.07, 6.45) is 8.59. The number of nitro benzene ring substituents is 2. The summed E-state index contributed by atoms with van der Waals surface area (Å²) in [6, 6.07) is 16.7. The molecule has 8 rings (SSSR count). The van der Waals surface area contributed by atoms with Crippen LogP contribution in [0.5, 0.6) is 0 Å². The maximum absolute atomic E-state index is 14.1. The Balaban J connectivity index is 1.37. The maximum atomic E-state index is 14.1. The Morgan fingerprint density at radius 1 is 0.593 bits per heavy atom. The van der Waals surface area contributed by atoms with Crippen molar-refractivity contribution in [2.24, 2.45) is 14.1 Å². The van der Waals surface area contributed by atoms with Gasteiger partial charge in [0.25, 0.3) is 23.2 Å². The summed E-state index contributed by atoms with van der Waals surface area (Å²) < 4.78 is 3.93. The number of non-ortho nitro benzene ring substituents is 2. The molecule has 13 heteroatoms. The molecule has 2 aromatic heterocycles. The highest BCUT2D eigenvalue weighted by Crippen LogP contribution is 2.41. The first-order valence-electron chi connectivity index (χ1n) is 17.6. The number of hydrogen-bond acceptors (Lipinski definition) is 7. The molecular weight excluding hydrogens is 688 g/mol. The molecule has 0 unspecified atom stereocenters. The summed E-state index contributed by atoms with van der Waals surface area (Å²) in [7, 11) is 3.78. The van der Waals surface area contributed by atoms with Crippen molar-refractivity contribution in [2.45, 2.75) is 26.7 Å².